The van der Waals surface area contributed by atoms with Crippen LogP contribution in [0.5, 0.6) is 0 Å². The Bertz CT molecular complexity index is 593. The number of rotatable bonds is 5. The fraction of sp³-hybridized carbons (Fsp3) is 0.533. The molecule has 1 unspecified atom stereocenters. The summed E-state index contributed by atoms with van der Waals surface area (Å²) in [4.78, 5) is 11.5. The van der Waals surface area contributed by atoms with E-state index in [1.54, 1.807) is 19.2 Å². The van der Waals surface area contributed by atoms with Gasteiger partial charge >= 0.3 is 0 Å². The third-order valence-corrected chi connectivity index (χ3v) is 5.66. The van der Waals surface area contributed by atoms with Crippen LogP contribution >= 0.6 is 0 Å². The van der Waals surface area contributed by atoms with Gasteiger partial charge in [0.2, 0.25) is 10.0 Å². The Balaban J connectivity index is 2.18. The molecule has 1 atom stereocenters. The van der Waals surface area contributed by atoms with E-state index in [2.05, 4.69) is 0 Å². The van der Waals surface area contributed by atoms with Gasteiger partial charge in [-0.05, 0) is 37.8 Å². The molecule has 116 valence electrons. The minimum absolute atomic E-state index is 0.0721. The van der Waals surface area contributed by atoms with Gasteiger partial charge in [-0.3, -0.25) is 4.79 Å². The van der Waals surface area contributed by atoms with E-state index in [4.69, 9.17) is 4.74 Å². The molecule has 6 heteroatoms. The Hall–Kier alpha value is -1.24. The predicted molar refractivity (Wildman–Crippen MR) is 79.8 cm³/mol. The monoisotopic (exact) mass is 311 g/mol. The quantitative estimate of drug-likeness (QED) is 0.780. The second-order valence-corrected chi connectivity index (χ2v) is 7.35. The lowest BCUT2D eigenvalue weighted by atomic mass is 10.0. The van der Waals surface area contributed by atoms with E-state index < -0.39 is 10.0 Å². The van der Waals surface area contributed by atoms with Crippen LogP contribution in [0.1, 0.15) is 30.1 Å². The standard InChI is InChI=1S/C15H21NO4S/c1-12(17)14-5-7-15(8-6-14)21(18,19)16-9-3-4-13(10-16)11-20-2/h5-8,13H,3-4,9-11H2,1-2H3. The fourth-order valence-electron chi connectivity index (χ4n) is 2.63. The molecule has 1 heterocycles. The lowest BCUT2D eigenvalue weighted by molar-refractivity contribution is 0.101. The number of carbonyl (C=O) groups excluding carboxylic acids is 1. The van der Waals surface area contributed by atoms with Crippen LogP contribution in [0.25, 0.3) is 0 Å². The van der Waals surface area contributed by atoms with Crippen molar-refractivity contribution in [3.05, 3.63) is 29.8 Å². The minimum Gasteiger partial charge on any atom is -0.384 e. The number of nitrogens with zero attached hydrogens (tertiary/aromatic N) is 1. The first-order chi connectivity index (χ1) is 9.95. The third-order valence-electron chi connectivity index (χ3n) is 3.78. The van der Waals surface area contributed by atoms with Crippen LogP contribution in [0.3, 0.4) is 0 Å². The Morgan fingerprint density at radius 1 is 1.33 bits per heavy atom. The van der Waals surface area contributed by atoms with E-state index in [-0.39, 0.29) is 16.6 Å². The van der Waals surface area contributed by atoms with Crippen molar-refractivity contribution in [1.29, 1.82) is 0 Å². The highest BCUT2D eigenvalue weighted by Crippen LogP contribution is 2.24. The third kappa shape index (κ3) is 3.70. The first-order valence-corrected chi connectivity index (χ1v) is 8.49. The molecular weight excluding hydrogens is 290 g/mol. The molecule has 1 aromatic carbocycles. The summed E-state index contributed by atoms with van der Waals surface area (Å²) in [5.74, 6) is 0.173. The molecular formula is C15H21NO4S. The molecule has 0 spiro atoms. The van der Waals surface area contributed by atoms with Crippen molar-refractivity contribution in [2.45, 2.75) is 24.7 Å². The van der Waals surface area contributed by atoms with Crippen LogP contribution in [0, 0.1) is 5.92 Å². The van der Waals surface area contributed by atoms with Gasteiger partial charge in [-0.2, -0.15) is 4.31 Å². The van der Waals surface area contributed by atoms with E-state index >= 15 is 0 Å². The molecule has 0 aromatic heterocycles. The summed E-state index contributed by atoms with van der Waals surface area (Å²) in [6.07, 6.45) is 1.84. The molecule has 0 saturated carbocycles. The molecule has 21 heavy (non-hydrogen) atoms. The average Bonchev–Trinajstić information content (AvgIpc) is 2.48. The van der Waals surface area contributed by atoms with Crippen LogP contribution in [0.15, 0.2) is 29.2 Å². The van der Waals surface area contributed by atoms with Gasteiger partial charge in [-0.25, -0.2) is 8.42 Å². The topological polar surface area (TPSA) is 63.7 Å². The van der Waals surface area contributed by atoms with Crippen LogP contribution in [-0.2, 0) is 14.8 Å². The molecule has 1 saturated heterocycles. The molecule has 0 aliphatic carbocycles. The van der Waals surface area contributed by atoms with Gasteiger partial charge in [0.1, 0.15) is 0 Å². The molecule has 1 aliphatic heterocycles. The SMILES string of the molecule is COCC1CCCN(S(=O)(=O)c2ccc(C(C)=O)cc2)C1. The van der Waals surface area contributed by atoms with E-state index in [1.807, 2.05) is 0 Å². The molecule has 0 N–H and O–H groups in total. The number of ketones is 1. The normalized spacial score (nSPS) is 20.4. The van der Waals surface area contributed by atoms with Gasteiger partial charge < -0.3 is 4.74 Å². The van der Waals surface area contributed by atoms with E-state index in [9.17, 15) is 13.2 Å². The fourth-order valence-corrected chi connectivity index (χ4v) is 4.18. The number of ether oxygens (including phenoxy) is 1. The maximum atomic E-state index is 12.6. The van der Waals surface area contributed by atoms with E-state index in [1.165, 1.54) is 23.4 Å². The Morgan fingerprint density at radius 3 is 2.57 bits per heavy atom. The first-order valence-electron chi connectivity index (χ1n) is 7.05. The molecule has 1 fully saturated rings. The number of sulfonamides is 1. The van der Waals surface area contributed by atoms with Gasteiger partial charge in [0.25, 0.3) is 0 Å². The Kier molecular flexibility index (Phi) is 5.13. The van der Waals surface area contributed by atoms with Gasteiger partial charge in [-0.15, -0.1) is 0 Å². The number of hydrogen-bond donors (Lipinski definition) is 0. The minimum atomic E-state index is -3.49. The molecule has 0 bridgehead atoms. The molecule has 1 aromatic rings. The van der Waals surface area contributed by atoms with Crippen molar-refractivity contribution in [2.75, 3.05) is 26.8 Å². The number of hydrogen-bond acceptors (Lipinski definition) is 4. The number of carbonyl (C=O) groups is 1. The second-order valence-electron chi connectivity index (χ2n) is 5.41. The summed E-state index contributed by atoms with van der Waals surface area (Å²) in [5.41, 5.74) is 0.518. The summed E-state index contributed by atoms with van der Waals surface area (Å²) >= 11 is 0. The van der Waals surface area contributed by atoms with Crippen molar-refractivity contribution in [1.82, 2.24) is 4.31 Å². The summed E-state index contributed by atoms with van der Waals surface area (Å²) in [7, 11) is -1.86. The number of piperidine rings is 1. The summed E-state index contributed by atoms with van der Waals surface area (Å²) in [5, 5.41) is 0. The molecule has 5 nitrogen and oxygen atoms in total. The Labute approximate surface area is 126 Å². The molecule has 2 rings (SSSR count). The van der Waals surface area contributed by atoms with Crippen molar-refractivity contribution >= 4 is 15.8 Å². The van der Waals surface area contributed by atoms with Crippen LogP contribution in [0.4, 0.5) is 0 Å². The van der Waals surface area contributed by atoms with Gasteiger partial charge in [-0.1, -0.05) is 12.1 Å². The van der Waals surface area contributed by atoms with E-state index in [0.717, 1.165) is 12.8 Å². The predicted octanol–water partition coefficient (Wildman–Crippen LogP) is 1.94. The lowest BCUT2D eigenvalue weighted by Gasteiger charge is -2.31. The molecule has 1 aliphatic rings. The van der Waals surface area contributed by atoms with Crippen molar-refractivity contribution in [2.24, 2.45) is 5.92 Å². The molecule has 0 radical (unpaired) electrons. The van der Waals surface area contributed by atoms with E-state index in [0.29, 0.717) is 25.3 Å². The first kappa shape index (κ1) is 16.1. The van der Waals surface area contributed by atoms with Gasteiger partial charge in [0, 0.05) is 25.8 Å². The smallest absolute Gasteiger partial charge is 0.243 e. The summed E-state index contributed by atoms with van der Waals surface area (Å²) in [6, 6.07) is 6.13. The average molecular weight is 311 g/mol. The van der Waals surface area contributed by atoms with Crippen LogP contribution in [0.2, 0.25) is 0 Å². The highest BCUT2D eigenvalue weighted by molar-refractivity contribution is 7.89. The highest BCUT2D eigenvalue weighted by Gasteiger charge is 2.30. The number of methoxy groups -OCH3 is 1. The second kappa shape index (κ2) is 6.68. The number of benzene rings is 1. The van der Waals surface area contributed by atoms with Crippen molar-refractivity contribution in [3.63, 3.8) is 0 Å². The largest absolute Gasteiger partial charge is 0.384 e. The zero-order valence-corrected chi connectivity index (χ0v) is 13.2. The van der Waals surface area contributed by atoms with Crippen molar-refractivity contribution in [3.8, 4) is 0 Å². The lowest BCUT2D eigenvalue weighted by Crippen LogP contribution is -2.41. The Morgan fingerprint density at radius 2 is 2.00 bits per heavy atom. The van der Waals surface area contributed by atoms with Crippen LogP contribution < -0.4 is 0 Å². The maximum absolute atomic E-state index is 12.6. The van der Waals surface area contributed by atoms with Crippen LogP contribution in [-0.4, -0.2) is 45.3 Å². The highest BCUT2D eigenvalue weighted by atomic mass is 32.2. The zero-order chi connectivity index (χ0) is 15.5. The summed E-state index contributed by atoms with van der Waals surface area (Å²) in [6.45, 7) is 3.07. The molecule has 0 amide bonds. The summed E-state index contributed by atoms with van der Waals surface area (Å²) < 4.78 is 31.9. The van der Waals surface area contributed by atoms with Gasteiger partial charge in [0.05, 0.1) is 11.5 Å². The van der Waals surface area contributed by atoms with Crippen molar-refractivity contribution < 1.29 is 17.9 Å². The van der Waals surface area contributed by atoms with Gasteiger partial charge in [0.15, 0.2) is 5.78 Å². The number of Topliss-reactive ketones (excluding diaryl/α,β-unsaturated/α-hetero) is 1. The zero-order valence-electron chi connectivity index (χ0n) is 12.4. The maximum Gasteiger partial charge on any atom is 0.243 e.